The minimum Gasteiger partial charge on any atom is -0.462 e. The molecule has 2 nitrogen and oxygen atoms in total. The zero-order valence-electron chi connectivity index (χ0n) is 13.6. The van der Waals surface area contributed by atoms with Crippen LogP contribution in [0, 0.1) is 0 Å². The number of carbonyl (C=O) groups excluding carboxylic acids is 1. The minimum atomic E-state index is -0.234. The van der Waals surface area contributed by atoms with Gasteiger partial charge in [-0.1, -0.05) is 69.7 Å². The van der Waals surface area contributed by atoms with Crippen LogP contribution in [0.1, 0.15) is 55.5 Å². The lowest BCUT2D eigenvalue weighted by atomic mass is 9.90. The lowest BCUT2D eigenvalue weighted by Gasteiger charge is -2.15. The molecule has 0 amide bonds. The Bertz CT molecular complexity index is 629. The second-order valence-electron chi connectivity index (χ2n) is 5.78. The lowest BCUT2D eigenvalue weighted by Crippen LogP contribution is -2.08. The van der Waals surface area contributed by atoms with E-state index in [1.54, 1.807) is 0 Å². The lowest BCUT2D eigenvalue weighted by molar-refractivity contribution is 0.0500. The molecule has 0 atom stereocenters. The van der Waals surface area contributed by atoms with Crippen LogP contribution in [-0.4, -0.2) is 12.6 Å². The van der Waals surface area contributed by atoms with Crippen molar-refractivity contribution in [3.05, 3.63) is 59.7 Å². The Hall–Kier alpha value is -2.09. The molecule has 0 spiro atoms. The van der Waals surface area contributed by atoms with Gasteiger partial charge < -0.3 is 4.74 Å². The molecule has 0 aliphatic rings. The van der Waals surface area contributed by atoms with Crippen molar-refractivity contribution in [1.29, 1.82) is 0 Å². The molecule has 0 bridgehead atoms. The van der Waals surface area contributed by atoms with Crippen molar-refractivity contribution in [2.45, 2.75) is 39.5 Å². The molecule has 22 heavy (non-hydrogen) atoms. The van der Waals surface area contributed by atoms with Gasteiger partial charge in [0.25, 0.3) is 0 Å². The normalized spacial score (nSPS) is 10.7. The number of esters is 1. The van der Waals surface area contributed by atoms with Crippen LogP contribution >= 0.6 is 0 Å². The second-order valence-corrected chi connectivity index (χ2v) is 5.78. The number of rotatable bonds is 6. The molecule has 116 valence electrons. The Kier molecular flexibility index (Phi) is 5.76. The highest BCUT2D eigenvalue weighted by atomic mass is 16.5. The van der Waals surface area contributed by atoms with Gasteiger partial charge in [0.1, 0.15) is 0 Å². The standard InChI is InChI=1S/C20H24O2/c1-4-5-14-22-20(21)19-13-9-8-12-18(19)17-11-7-6-10-16(17)15(2)3/h6-13,15H,4-5,14H2,1-3H3. The summed E-state index contributed by atoms with van der Waals surface area (Å²) in [5.74, 6) is 0.169. The predicted octanol–water partition coefficient (Wildman–Crippen LogP) is 5.43. The largest absolute Gasteiger partial charge is 0.462 e. The zero-order valence-corrected chi connectivity index (χ0v) is 13.6. The molecule has 0 aliphatic carbocycles. The maximum atomic E-state index is 12.4. The van der Waals surface area contributed by atoms with Crippen LogP contribution < -0.4 is 0 Å². The van der Waals surface area contributed by atoms with Crippen LogP contribution in [0.2, 0.25) is 0 Å². The fourth-order valence-electron chi connectivity index (χ4n) is 2.53. The first kappa shape index (κ1) is 16.3. The molecule has 2 rings (SSSR count). The first-order valence-electron chi connectivity index (χ1n) is 8.00. The van der Waals surface area contributed by atoms with Crippen LogP contribution in [-0.2, 0) is 4.74 Å². The average Bonchev–Trinajstić information content (AvgIpc) is 2.55. The van der Waals surface area contributed by atoms with E-state index in [2.05, 4.69) is 32.9 Å². The number of benzene rings is 2. The van der Waals surface area contributed by atoms with Crippen molar-refractivity contribution < 1.29 is 9.53 Å². The van der Waals surface area contributed by atoms with Gasteiger partial charge in [0.15, 0.2) is 0 Å². The summed E-state index contributed by atoms with van der Waals surface area (Å²) in [4.78, 5) is 12.4. The second kappa shape index (κ2) is 7.79. The summed E-state index contributed by atoms with van der Waals surface area (Å²) in [6.07, 6.45) is 1.92. The highest BCUT2D eigenvalue weighted by Gasteiger charge is 2.16. The van der Waals surface area contributed by atoms with E-state index >= 15 is 0 Å². The quantitative estimate of drug-likeness (QED) is 0.524. The third kappa shape index (κ3) is 3.76. The Morgan fingerprint density at radius 3 is 2.32 bits per heavy atom. The number of carbonyl (C=O) groups is 1. The van der Waals surface area contributed by atoms with E-state index in [0.717, 1.165) is 24.0 Å². The predicted molar refractivity (Wildman–Crippen MR) is 91.2 cm³/mol. The highest BCUT2D eigenvalue weighted by molar-refractivity contribution is 5.97. The maximum Gasteiger partial charge on any atom is 0.338 e. The van der Waals surface area contributed by atoms with Gasteiger partial charge in [-0.3, -0.25) is 0 Å². The molecule has 0 aliphatic heterocycles. The molecular formula is C20H24O2. The van der Waals surface area contributed by atoms with Crippen LogP contribution in [0.3, 0.4) is 0 Å². The molecule has 0 N–H and O–H groups in total. The molecule has 2 heteroatoms. The van der Waals surface area contributed by atoms with E-state index in [4.69, 9.17) is 4.74 Å². The zero-order chi connectivity index (χ0) is 15.9. The molecule has 2 aromatic carbocycles. The maximum absolute atomic E-state index is 12.4. The van der Waals surface area contributed by atoms with Gasteiger partial charge in [0.2, 0.25) is 0 Å². The van der Waals surface area contributed by atoms with Crippen LogP contribution in [0.5, 0.6) is 0 Å². The van der Waals surface area contributed by atoms with E-state index in [1.807, 2.05) is 36.4 Å². The molecule has 0 saturated heterocycles. The molecular weight excluding hydrogens is 272 g/mol. The van der Waals surface area contributed by atoms with Gasteiger partial charge in [-0.25, -0.2) is 4.79 Å². The molecule has 0 heterocycles. The van der Waals surface area contributed by atoms with Crippen molar-refractivity contribution in [2.75, 3.05) is 6.61 Å². The molecule has 0 radical (unpaired) electrons. The average molecular weight is 296 g/mol. The molecule has 0 unspecified atom stereocenters. The summed E-state index contributed by atoms with van der Waals surface area (Å²) in [6, 6.07) is 16.0. The van der Waals surface area contributed by atoms with E-state index in [-0.39, 0.29) is 5.97 Å². The number of hydrogen-bond acceptors (Lipinski definition) is 2. The summed E-state index contributed by atoms with van der Waals surface area (Å²) >= 11 is 0. The Labute approximate surface area is 133 Å². The van der Waals surface area contributed by atoms with Gasteiger partial charge >= 0.3 is 5.97 Å². The summed E-state index contributed by atoms with van der Waals surface area (Å²) < 4.78 is 5.39. The summed E-state index contributed by atoms with van der Waals surface area (Å²) in [6.45, 7) is 6.90. The van der Waals surface area contributed by atoms with Crippen LogP contribution in [0.25, 0.3) is 11.1 Å². The smallest absolute Gasteiger partial charge is 0.338 e. The Morgan fingerprint density at radius 2 is 1.64 bits per heavy atom. The highest BCUT2D eigenvalue weighted by Crippen LogP contribution is 2.31. The fraction of sp³-hybridized carbons (Fsp3) is 0.350. The number of ether oxygens (including phenoxy) is 1. The van der Waals surface area contributed by atoms with E-state index in [9.17, 15) is 4.79 Å². The van der Waals surface area contributed by atoms with Gasteiger partial charge in [-0.2, -0.15) is 0 Å². The molecule has 0 fully saturated rings. The fourth-order valence-corrected chi connectivity index (χ4v) is 2.53. The van der Waals surface area contributed by atoms with Gasteiger partial charge in [0, 0.05) is 0 Å². The number of hydrogen-bond donors (Lipinski definition) is 0. The first-order chi connectivity index (χ1) is 10.6. The summed E-state index contributed by atoms with van der Waals surface area (Å²) in [7, 11) is 0. The van der Waals surface area contributed by atoms with Crippen molar-refractivity contribution in [1.82, 2.24) is 0 Å². The Balaban J connectivity index is 2.39. The summed E-state index contributed by atoms with van der Waals surface area (Å²) in [5.41, 5.74) is 3.96. The SMILES string of the molecule is CCCCOC(=O)c1ccccc1-c1ccccc1C(C)C. The van der Waals surface area contributed by atoms with Gasteiger partial charge in [0.05, 0.1) is 12.2 Å². The third-order valence-corrected chi connectivity index (χ3v) is 3.75. The van der Waals surface area contributed by atoms with E-state index in [1.165, 1.54) is 5.56 Å². The van der Waals surface area contributed by atoms with Crippen LogP contribution in [0.15, 0.2) is 48.5 Å². The van der Waals surface area contributed by atoms with Crippen molar-refractivity contribution >= 4 is 5.97 Å². The first-order valence-corrected chi connectivity index (χ1v) is 8.00. The monoisotopic (exact) mass is 296 g/mol. The molecule has 0 aromatic heterocycles. The van der Waals surface area contributed by atoms with Crippen molar-refractivity contribution in [2.24, 2.45) is 0 Å². The number of unbranched alkanes of at least 4 members (excludes halogenated alkanes) is 1. The van der Waals surface area contributed by atoms with Crippen molar-refractivity contribution in [3.8, 4) is 11.1 Å². The Morgan fingerprint density at radius 1 is 1.00 bits per heavy atom. The third-order valence-electron chi connectivity index (χ3n) is 3.75. The van der Waals surface area contributed by atoms with Crippen molar-refractivity contribution in [3.63, 3.8) is 0 Å². The van der Waals surface area contributed by atoms with E-state index < -0.39 is 0 Å². The molecule has 2 aromatic rings. The molecule has 0 saturated carbocycles. The van der Waals surface area contributed by atoms with Gasteiger partial charge in [-0.15, -0.1) is 0 Å². The van der Waals surface area contributed by atoms with Crippen LogP contribution in [0.4, 0.5) is 0 Å². The topological polar surface area (TPSA) is 26.3 Å². The van der Waals surface area contributed by atoms with Gasteiger partial charge in [-0.05, 0) is 35.1 Å². The minimum absolute atomic E-state index is 0.234. The van der Waals surface area contributed by atoms with E-state index in [0.29, 0.717) is 18.1 Å². The summed E-state index contributed by atoms with van der Waals surface area (Å²) in [5, 5.41) is 0.